The number of rotatable bonds is 13. The van der Waals surface area contributed by atoms with E-state index in [2.05, 4.69) is 15.5 Å². The first-order valence-electron chi connectivity index (χ1n) is 15.7. The first-order chi connectivity index (χ1) is 24.0. The van der Waals surface area contributed by atoms with Crippen molar-refractivity contribution in [3.8, 4) is 17.2 Å². The normalized spacial score (nSPS) is 13.9. The molecule has 2 amide bonds. The summed E-state index contributed by atoms with van der Waals surface area (Å²) in [6, 6.07) is 31.7. The van der Waals surface area contributed by atoms with Gasteiger partial charge in [-0.25, -0.2) is 5.01 Å². The van der Waals surface area contributed by atoms with Crippen LogP contribution in [0.15, 0.2) is 113 Å². The minimum Gasteiger partial charge on any atom is -0.497 e. The van der Waals surface area contributed by atoms with Gasteiger partial charge in [0.25, 0.3) is 11.8 Å². The molecule has 6 rings (SSSR count). The van der Waals surface area contributed by atoms with E-state index in [9.17, 15) is 9.59 Å². The van der Waals surface area contributed by atoms with Crippen molar-refractivity contribution in [2.75, 3.05) is 27.1 Å². The van der Waals surface area contributed by atoms with E-state index in [1.54, 1.807) is 33.5 Å². The average Bonchev–Trinajstić information content (AvgIpc) is 3.77. The number of amides is 2. The predicted molar refractivity (Wildman–Crippen MR) is 187 cm³/mol. The number of hydrogen-bond donors (Lipinski definition) is 1. The number of nitrogens with zero attached hydrogens (tertiary/aromatic N) is 5. The third kappa shape index (κ3) is 7.60. The third-order valence-corrected chi connectivity index (χ3v) is 9.08. The minimum absolute atomic E-state index is 0.0471. The van der Waals surface area contributed by atoms with E-state index in [0.717, 1.165) is 28.2 Å². The van der Waals surface area contributed by atoms with Gasteiger partial charge >= 0.3 is 0 Å². The molecule has 0 saturated carbocycles. The van der Waals surface area contributed by atoms with E-state index in [4.69, 9.17) is 19.3 Å². The number of para-hydroxylation sites is 1. The number of methoxy groups -OCH3 is 3. The summed E-state index contributed by atoms with van der Waals surface area (Å²) in [4.78, 5) is 26.9. The highest BCUT2D eigenvalue weighted by Crippen LogP contribution is 2.42. The molecule has 4 aromatic carbocycles. The molecule has 1 aromatic heterocycles. The van der Waals surface area contributed by atoms with Crippen LogP contribution in [-0.4, -0.2) is 64.4 Å². The minimum atomic E-state index is -0.429. The Balaban J connectivity index is 1.26. The van der Waals surface area contributed by atoms with Gasteiger partial charge in [-0.2, -0.15) is 5.10 Å². The number of thioether (sulfide) groups is 1. The Morgan fingerprint density at radius 1 is 0.837 bits per heavy atom. The highest BCUT2D eigenvalue weighted by atomic mass is 32.2. The summed E-state index contributed by atoms with van der Waals surface area (Å²) in [7, 11) is 4.79. The van der Waals surface area contributed by atoms with Crippen LogP contribution in [0.4, 0.5) is 0 Å². The Bertz CT molecular complexity index is 1930. The van der Waals surface area contributed by atoms with Crippen LogP contribution in [0.3, 0.4) is 0 Å². The van der Waals surface area contributed by atoms with E-state index >= 15 is 0 Å². The molecule has 1 aliphatic rings. The van der Waals surface area contributed by atoms with Crippen molar-refractivity contribution in [1.82, 2.24) is 25.1 Å². The highest BCUT2D eigenvalue weighted by molar-refractivity contribution is 7.99. The number of carbonyl (C=O) groups is 2. The van der Waals surface area contributed by atoms with Crippen molar-refractivity contribution in [2.45, 2.75) is 30.7 Å². The molecule has 5 aromatic rings. The summed E-state index contributed by atoms with van der Waals surface area (Å²) in [5.41, 5.74) is 4.03. The molecule has 1 N–H and O–H groups in total. The molecule has 11 nitrogen and oxygen atoms in total. The molecule has 0 saturated heterocycles. The van der Waals surface area contributed by atoms with E-state index in [-0.39, 0.29) is 24.1 Å². The summed E-state index contributed by atoms with van der Waals surface area (Å²) >= 11 is 1.27. The number of nitrogens with one attached hydrogen (secondary N) is 1. The number of hydrazone groups is 1. The number of carbonyl (C=O) groups excluding carboxylic acids is 2. The number of benzene rings is 4. The van der Waals surface area contributed by atoms with Gasteiger partial charge in [-0.1, -0.05) is 72.4 Å². The van der Waals surface area contributed by atoms with Crippen LogP contribution < -0.4 is 19.5 Å². The quantitative estimate of drug-likeness (QED) is 0.157. The second kappa shape index (κ2) is 15.5. The Kier molecular flexibility index (Phi) is 10.5. The molecule has 1 aliphatic heterocycles. The predicted octanol–water partition coefficient (Wildman–Crippen LogP) is 5.75. The molecule has 0 unspecified atom stereocenters. The zero-order valence-electron chi connectivity index (χ0n) is 27.4. The number of aromatic nitrogens is 3. The lowest BCUT2D eigenvalue weighted by molar-refractivity contribution is -0.130. The third-order valence-electron chi connectivity index (χ3n) is 8.13. The fourth-order valence-electron chi connectivity index (χ4n) is 5.64. The SMILES string of the molecule is COc1ccc(C2=NN(C(=O)CSc3nnc(CNC(=O)c4ccccc4)n3Cc3ccccc3)[C@H](c3cccc(OC)c3OC)C2)cc1. The maximum atomic E-state index is 14.1. The lowest BCUT2D eigenvalue weighted by Gasteiger charge is -2.24. The lowest BCUT2D eigenvalue weighted by Crippen LogP contribution is -2.29. The van der Waals surface area contributed by atoms with Crippen molar-refractivity contribution in [2.24, 2.45) is 5.10 Å². The van der Waals surface area contributed by atoms with Gasteiger partial charge in [0.2, 0.25) is 0 Å². The second-order valence-corrected chi connectivity index (χ2v) is 12.1. The largest absolute Gasteiger partial charge is 0.497 e. The van der Waals surface area contributed by atoms with Gasteiger partial charge in [0.1, 0.15) is 5.75 Å². The van der Waals surface area contributed by atoms with Gasteiger partial charge in [-0.15, -0.1) is 10.2 Å². The molecule has 2 heterocycles. The lowest BCUT2D eigenvalue weighted by atomic mass is 9.97. The molecule has 250 valence electrons. The maximum Gasteiger partial charge on any atom is 0.253 e. The summed E-state index contributed by atoms with van der Waals surface area (Å²) in [6.07, 6.45) is 0.474. The first kappa shape index (κ1) is 33.3. The topological polar surface area (TPSA) is 120 Å². The Hall–Kier alpha value is -5.62. The zero-order chi connectivity index (χ0) is 34.2. The number of ether oxygens (including phenoxy) is 3. The van der Waals surface area contributed by atoms with E-state index in [1.807, 2.05) is 95.6 Å². The molecule has 1 atom stereocenters. The fraction of sp³-hybridized carbons (Fsp3) is 0.216. The van der Waals surface area contributed by atoms with Crippen LogP contribution in [0.2, 0.25) is 0 Å². The molecular weight excluding hydrogens is 641 g/mol. The monoisotopic (exact) mass is 676 g/mol. The van der Waals surface area contributed by atoms with Crippen LogP contribution in [0.1, 0.15) is 45.3 Å². The van der Waals surface area contributed by atoms with Crippen molar-refractivity contribution < 1.29 is 23.8 Å². The fourth-order valence-corrected chi connectivity index (χ4v) is 6.45. The Labute approximate surface area is 288 Å². The van der Waals surface area contributed by atoms with Gasteiger partial charge in [-0.05, 0) is 53.6 Å². The van der Waals surface area contributed by atoms with Gasteiger partial charge in [-0.3, -0.25) is 9.59 Å². The van der Waals surface area contributed by atoms with Gasteiger partial charge in [0.15, 0.2) is 22.5 Å². The van der Waals surface area contributed by atoms with Crippen LogP contribution in [0, 0.1) is 0 Å². The standard InChI is InChI=1S/C37H36N6O5S/c1-46-28-19-17-26(18-20-28)30-21-31(29-15-10-16-32(47-2)35(29)48-3)43(41-30)34(44)24-49-37-40-39-33(42(37)23-25-11-6-4-7-12-25)22-38-36(45)27-13-8-5-9-14-27/h4-20,31H,21-24H2,1-3H3,(H,38,45)/t31-/m0/s1. The van der Waals surface area contributed by atoms with Gasteiger partial charge in [0.05, 0.1) is 51.9 Å². The molecule has 0 bridgehead atoms. The van der Waals surface area contributed by atoms with Gasteiger partial charge in [0, 0.05) is 17.5 Å². The van der Waals surface area contributed by atoms with Crippen LogP contribution in [-0.2, 0) is 17.9 Å². The second-order valence-electron chi connectivity index (χ2n) is 11.1. The van der Waals surface area contributed by atoms with Crippen molar-refractivity contribution in [3.05, 3.63) is 131 Å². The summed E-state index contributed by atoms with van der Waals surface area (Å²) < 4.78 is 18.6. The average molecular weight is 677 g/mol. The maximum absolute atomic E-state index is 14.1. The van der Waals surface area contributed by atoms with E-state index in [1.165, 1.54) is 16.8 Å². The molecular formula is C37H36N6O5S. The molecule has 0 spiro atoms. The van der Waals surface area contributed by atoms with Crippen LogP contribution >= 0.6 is 11.8 Å². The van der Waals surface area contributed by atoms with Crippen molar-refractivity contribution >= 4 is 29.3 Å². The molecule has 0 aliphatic carbocycles. The van der Waals surface area contributed by atoms with Crippen molar-refractivity contribution in [1.29, 1.82) is 0 Å². The Morgan fingerprint density at radius 3 is 2.27 bits per heavy atom. The van der Waals surface area contributed by atoms with Crippen molar-refractivity contribution in [3.63, 3.8) is 0 Å². The van der Waals surface area contributed by atoms with E-state index in [0.29, 0.717) is 41.0 Å². The summed E-state index contributed by atoms with van der Waals surface area (Å²) in [5, 5.41) is 18.7. The summed E-state index contributed by atoms with van der Waals surface area (Å²) in [6.45, 7) is 0.634. The molecule has 49 heavy (non-hydrogen) atoms. The van der Waals surface area contributed by atoms with E-state index < -0.39 is 6.04 Å². The molecule has 0 radical (unpaired) electrons. The number of hydrogen-bond acceptors (Lipinski definition) is 9. The van der Waals surface area contributed by atoms with Crippen LogP contribution in [0.5, 0.6) is 17.2 Å². The van der Waals surface area contributed by atoms with Crippen LogP contribution in [0.25, 0.3) is 0 Å². The van der Waals surface area contributed by atoms with Gasteiger partial charge < -0.3 is 24.1 Å². The molecule has 12 heteroatoms. The highest BCUT2D eigenvalue weighted by Gasteiger charge is 2.36. The molecule has 0 fully saturated rings. The first-order valence-corrected chi connectivity index (χ1v) is 16.6. The summed E-state index contributed by atoms with van der Waals surface area (Å²) in [5.74, 6) is 2.05. The Morgan fingerprint density at radius 2 is 1.57 bits per heavy atom. The smallest absolute Gasteiger partial charge is 0.253 e. The zero-order valence-corrected chi connectivity index (χ0v) is 28.2.